The van der Waals surface area contributed by atoms with Crippen molar-refractivity contribution in [2.24, 2.45) is 16.8 Å². The molecule has 1 aliphatic carbocycles. The van der Waals surface area contributed by atoms with Crippen molar-refractivity contribution < 1.29 is 5.21 Å². The smallest absolute Gasteiger partial charge is 0.143 e. The summed E-state index contributed by atoms with van der Waals surface area (Å²) in [4.78, 5) is 0. The molecule has 4 heteroatoms. The molecule has 0 bridgehead atoms. The van der Waals surface area contributed by atoms with Gasteiger partial charge in [-0.2, -0.15) is 0 Å². The molecule has 4 nitrogen and oxygen atoms in total. The minimum absolute atomic E-state index is 0.0995. The highest BCUT2D eigenvalue weighted by molar-refractivity contribution is 5.82. The van der Waals surface area contributed by atoms with Crippen molar-refractivity contribution in [2.45, 2.75) is 38.6 Å². The Bertz CT molecular complexity index is 199. The van der Waals surface area contributed by atoms with E-state index in [1.54, 1.807) is 0 Å². The minimum atomic E-state index is 0.0995. The predicted molar refractivity (Wildman–Crippen MR) is 52.8 cm³/mol. The molecule has 0 amide bonds. The lowest BCUT2D eigenvalue weighted by Crippen LogP contribution is -2.50. The largest absolute Gasteiger partial charge is 0.409 e. The zero-order valence-electron chi connectivity index (χ0n) is 8.38. The van der Waals surface area contributed by atoms with Crippen molar-refractivity contribution in [1.29, 1.82) is 0 Å². The Morgan fingerprint density at radius 2 is 2.31 bits per heavy atom. The molecule has 76 valence electrons. The summed E-state index contributed by atoms with van der Waals surface area (Å²) in [6, 6.07) is 0. The zero-order valence-corrected chi connectivity index (χ0v) is 8.38. The van der Waals surface area contributed by atoms with Crippen LogP contribution in [-0.4, -0.2) is 23.1 Å². The lowest BCUT2D eigenvalue weighted by atomic mass is 9.78. The monoisotopic (exact) mass is 185 g/mol. The number of hydrogen-bond acceptors (Lipinski definition) is 3. The fourth-order valence-corrected chi connectivity index (χ4v) is 1.49. The Balaban J connectivity index is 2.25. The van der Waals surface area contributed by atoms with Gasteiger partial charge in [0, 0.05) is 18.0 Å². The molecule has 0 aliphatic heterocycles. The lowest BCUT2D eigenvalue weighted by Gasteiger charge is -2.40. The Kier molecular flexibility index (Phi) is 3.14. The van der Waals surface area contributed by atoms with Crippen LogP contribution in [0.4, 0.5) is 0 Å². The summed E-state index contributed by atoms with van der Waals surface area (Å²) < 4.78 is 0. The summed E-state index contributed by atoms with van der Waals surface area (Å²) in [6.07, 6.45) is 3.77. The summed E-state index contributed by atoms with van der Waals surface area (Å²) in [5.74, 6) is 0.401. The average Bonchev–Trinajstić information content (AvgIpc) is 2.09. The summed E-state index contributed by atoms with van der Waals surface area (Å²) in [5, 5.41) is 14.9. The second kappa shape index (κ2) is 3.96. The van der Waals surface area contributed by atoms with Crippen LogP contribution in [0.2, 0.25) is 0 Å². The minimum Gasteiger partial charge on any atom is -0.409 e. The maximum Gasteiger partial charge on any atom is 0.143 e. The van der Waals surface area contributed by atoms with Gasteiger partial charge >= 0.3 is 0 Å². The topological polar surface area (TPSA) is 70.6 Å². The molecule has 0 aromatic carbocycles. The van der Waals surface area contributed by atoms with Crippen LogP contribution in [0.5, 0.6) is 0 Å². The number of nitrogens with one attached hydrogen (secondary N) is 1. The number of rotatable bonds is 4. The molecule has 1 saturated carbocycles. The quantitative estimate of drug-likeness (QED) is 0.264. The fraction of sp³-hybridized carbons (Fsp3) is 0.889. The van der Waals surface area contributed by atoms with E-state index in [-0.39, 0.29) is 5.92 Å². The van der Waals surface area contributed by atoms with Crippen molar-refractivity contribution in [3.63, 3.8) is 0 Å². The van der Waals surface area contributed by atoms with Gasteiger partial charge in [0.25, 0.3) is 0 Å². The van der Waals surface area contributed by atoms with E-state index in [0.717, 1.165) is 6.54 Å². The third-order valence-corrected chi connectivity index (χ3v) is 2.91. The molecule has 1 rings (SSSR count). The van der Waals surface area contributed by atoms with Gasteiger partial charge in [0.1, 0.15) is 5.84 Å². The lowest BCUT2D eigenvalue weighted by molar-refractivity contribution is 0.205. The number of nitrogens with two attached hydrogens (primary N) is 1. The summed E-state index contributed by atoms with van der Waals surface area (Å²) in [7, 11) is 0. The SMILES string of the molecule is CC(CNC1(C)CCC1)C(N)=NO. The predicted octanol–water partition coefficient (Wildman–Crippen LogP) is 0.901. The van der Waals surface area contributed by atoms with E-state index in [1.807, 2.05) is 6.92 Å². The normalized spacial score (nSPS) is 23.7. The van der Waals surface area contributed by atoms with E-state index in [2.05, 4.69) is 17.4 Å². The van der Waals surface area contributed by atoms with Gasteiger partial charge in [-0.3, -0.25) is 0 Å². The summed E-state index contributed by atoms with van der Waals surface area (Å²) in [6.45, 7) is 4.95. The number of nitrogens with zero attached hydrogens (tertiary/aromatic N) is 1. The first-order valence-corrected chi connectivity index (χ1v) is 4.80. The van der Waals surface area contributed by atoms with Gasteiger partial charge in [-0.1, -0.05) is 12.1 Å². The van der Waals surface area contributed by atoms with Crippen LogP contribution in [0.15, 0.2) is 5.16 Å². The van der Waals surface area contributed by atoms with Crippen LogP contribution in [0.25, 0.3) is 0 Å². The first-order valence-electron chi connectivity index (χ1n) is 4.80. The van der Waals surface area contributed by atoms with Crippen LogP contribution in [0.3, 0.4) is 0 Å². The van der Waals surface area contributed by atoms with E-state index < -0.39 is 0 Å². The van der Waals surface area contributed by atoms with Crippen molar-refractivity contribution >= 4 is 5.84 Å². The molecule has 1 aliphatic rings. The van der Waals surface area contributed by atoms with E-state index in [9.17, 15) is 0 Å². The Labute approximate surface area is 79.2 Å². The first kappa shape index (κ1) is 10.3. The number of oxime groups is 1. The van der Waals surface area contributed by atoms with Crippen LogP contribution in [0, 0.1) is 5.92 Å². The summed E-state index contributed by atoms with van der Waals surface area (Å²) in [5.41, 5.74) is 5.76. The van der Waals surface area contributed by atoms with Crippen molar-refractivity contribution in [3.05, 3.63) is 0 Å². The molecule has 0 aromatic heterocycles. The zero-order chi connectivity index (χ0) is 9.90. The van der Waals surface area contributed by atoms with Gasteiger partial charge in [0.15, 0.2) is 0 Å². The number of amidine groups is 1. The first-order chi connectivity index (χ1) is 6.07. The highest BCUT2D eigenvalue weighted by atomic mass is 16.4. The second-order valence-electron chi connectivity index (χ2n) is 4.22. The van der Waals surface area contributed by atoms with Crippen LogP contribution < -0.4 is 11.1 Å². The fourth-order valence-electron chi connectivity index (χ4n) is 1.49. The highest BCUT2D eigenvalue weighted by Gasteiger charge is 2.31. The van der Waals surface area contributed by atoms with Crippen LogP contribution in [0.1, 0.15) is 33.1 Å². The molecule has 0 saturated heterocycles. The van der Waals surface area contributed by atoms with Gasteiger partial charge in [0.05, 0.1) is 0 Å². The van der Waals surface area contributed by atoms with Crippen LogP contribution >= 0.6 is 0 Å². The van der Waals surface area contributed by atoms with Crippen LogP contribution in [-0.2, 0) is 0 Å². The molecule has 0 spiro atoms. The van der Waals surface area contributed by atoms with E-state index in [1.165, 1.54) is 19.3 Å². The van der Waals surface area contributed by atoms with Crippen molar-refractivity contribution in [2.75, 3.05) is 6.54 Å². The van der Waals surface area contributed by atoms with Gasteiger partial charge in [-0.15, -0.1) is 0 Å². The molecule has 0 aromatic rings. The van der Waals surface area contributed by atoms with E-state index >= 15 is 0 Å². The molecule has 4 N–H and O–H groups in total. The second-order valence-corrected chi connectivity index (χ2v) is 4.22. The number of hydrogen-bond donors (Lipinski definition) is 3. The van der Waals surface area contributed by atoms with Crippen molar-refractivity contribution in [1.82, 2.24) is 5.32 Å². The van der Waals surface area contributed by atoms with Gasteiger partial charge in [0.2, 0.25) is 0 Å². The Morgan fingerprint density at radius 3 is 2.69 bits per heavy atom. The maximum atomic E-state index is 8.44. The maximum absolute atomic E-state index is 8.44. The molecular formula is C9H19N3O. The molecule has 1 fully saturated rings. The molecule has 1 unspecified atom stereocenters. The molecule has 1 atom stereocenters. The average molecular weight is 185 g/mol. The van der Waals surface area contributed by atoms with Gasteiger partial charge < -0.3 is 16.3 Å². The molecular weight excluding hydrogens is 166 g/mol. The third kappa shape index (κ3) is 2.59. The Hall–Kier alpha value is -0.770. The highest BCUT2D eigenvalue weighted by Crippen LogP contribution is 2.30. The van der Waals surface area contributed by atoms with E-state index in [4.69, 9.17) is 10.9 Å². The van der Waals surface area contributed by atoms with Gasteiger partial charge in [-0.25, -0.2) is 0 Å². The molecule has 0 heterocycles. The molecule has 0 radical (unpaired) electrons. The Morgan fingerprint density at radius 1 is 1.69 bits per heavy atom. The molecule has 13 heavy (non-hydrogen) atoms. The van der Waals surface area contributed by atoms with E-state index in [0.29, 0.717) is 11.4 Å². The standard InChI is InChI=1S/C9H19N3O/c1-7(8(10)12-13)6-11-9(2)4-3-5-9/h7,11,13H,3-6H2,1-2H3,(H2,10,12). The van der Waals surface area contributed by atoms with Gasteiger partial charge in [-0.05, 0) is 26.2 Å². The van der Waals surface area contributed by atoms with Crippen molar-refractivity contribution in [3.8, 4) is 0 Å². The summed E-state index contributed by atoms with van der Waals surface area (Å²) >= 11 is 0. The third-order valence-electron chi connectivity index (χ3n) is 2.91.